The van der Waals surface area contributed by atoms with Crippen LogP contribution in [0.1, 0.15) is 65.0 Å². The molecule has 0 aromatic heterocycles. The van der Waals surface area contributed by atoms with Gasteiger partial charge in [-0.15, -0.1) is 0 Å². The largest absolute Gasteiger partial charge is 0.478 e. The van der Waals surface area contributed by atoms with E-state index in [0.29, 0.717) is 6.42 Å². The predicted molar refractivity (Wildman–Crippen MR) is 69.5 cm³/mol. The number of hydrogen-bond donors (Lipinski definition) is 3. The second-order valence-electron chi connectivity index (χ2n) is 4.39. The van der Waals surface area contributed by atoms with Gasteiger partial charge in [0.05, 0.1) is 17.2 Å². The first-order chi connectivity index (χ1) is 8.99. The third kappa shape index (κ3) is 3.79. The molecule has 1 unspecified atom stereocenters. The van der Waals surface area contributed by atoms with E-state index in [0.717, 1.165) is 19.3 Å². The quantitative estimate of drug-likeness (QED) is 0.659. The number of rotatable bonds is 7. The number of carboxylic acids is 2. The van der Waals surface area contributed by atoms with Crippen molar-refractivity contribution in [3.8, 4) is 0 Å². The highest BCUT2D eigenvalue weighted by Gasteiger charge is 2.23. The highest BCUT2D eigenvalue weighted by Crippen LogP contribution is 2.26. The molecule has 0 aliphatic carbocycles. The topological polar surface area (TPSA) is 94.8 Å². The molecule has 0 heterocycles. The fourth-order valence-corrected chi connectivity index (χ4v) is 2.01. The minimum Gasteiger partial charge on any atom is -0.478 e. The van der Waals surface area contributed by atoms with Crippen molar-refractivity contribution >= 4 is 11.9 Å². The summed E-state index contributed by atoms with van der Waals surface area (Å²) in [5.41, 5.74) is -0.443. The van der Waals surface area contributed by atoms with Crippen LogP contribution in [0.3, 0.4) is 0 Å². The Morgan fingerprint density at radius 2 is 1.84 bits per heavy atom. The number of unbranched alkanes of at least 4 members (excludes halogenated alkanes) is 2. The predicted octanol–water partition coefficient (Wildman–Crippen LogP) is 2.70. The Hall–Kier alpha value is -1.88. The van der Waals surface area contributed by atoms with Crippen LogP contribution in [0.5, 0.6) is 0 Å². The maximum Gasteiger partial charge on any atom is 0.336 e. The van der Waals surface area contributed by atoms with Crippen LogP contribution in [0.2, 0.25) is 0 Å². The molecule has 3 N–H and O–H groups in total. The fraction of sp³-hybridized carbons (Fsp3) is 0.429. The first kappa shape index (κ1) is 15.2. The molecule has 0 saturated heterocycles. The second-order valence-corrected chi connectivity index (χ2v) is 4.39. The van der Waals surface area contributed by atoms with Gasteiger partial charge >= 0.3 is 11.9 Å². The smallest absolute Gasteiger partial charge is 0.336 e. The van der Waals surface area contributed by atoms with E-state index in [1.165, 1.54) is 18.2 Å². The van der Waals surface area contributed by atoms with Crippen molar-refractivity contribution in [2.24, 2.45) is 0 Å². The molecule has 0 aliphatic rings. The number of aromatic carboxylic acids is 2. The average molecular weight is 266 g/mol. The normalized spacial score (nSPS) is 12.1. The summed E-state index contributed by atoms with van der Waals surface area (Å²) in [6.45, 7) is 2.03. The summed E-state index contributed by atoms with van der Waals surface area (Å²) < 4.78 is 0. The Labute approximate surface area is 111 Å². The zero-order chi connectivity index (χ0) is 14.4. The molecule has 1 rings (SSSR count). The molecule has 5 nitrogen and oxygen atoms in total. The van der Waals surface area contributed by atoms with Crippen LogP contribution >= 0.6 is 0 Å². The molecule has 19 heavy (non-hydrogen) atoms. The molecular formula is C14H18O5. The molecule has 0 amide bonds. The lowest BCUT2D eigenvalue weighted by atomic mass is 9.94. The van der Waals surface area contributed by atoms with Gasteiger partial charge in [-0.1, -0.05) is 38.3 Å². The molecule has 1 aromatic rings. The number of benzene rings is 1. The lowest BCUT2D eigenvalue weighted by Crippen LogP contribution is -2.14. The van der Waals surface area contributed by atoms with E-state index in [1.54, 1.807) is 0 Å². The van der Waals surface area contributed by atoms with Gasteiger partial charge in [-0.2, -0.15) is 0 Å². The SMILES string of the molecule is CCCCCC(O)c1cccc(C(=O)O)c1C(=O)O. The van der Waals surface area contributed by atoms with E-state index in [1.807, 2.05) is 6.92 Å². The van der Waals surface area contributed by atoms with Gasteiger partial charge in [0.2, 0.25) is 0 Å². The summed E-state index contributed by atoms with van der Waals surface area (Å²) in [6.07, 6.45) is 2.19. The van der Waals surface area contributed by atoms with Gasteiger partial charge in [-0.25, -0.2) is 9.59 Å². The van der Waals surface area contributed by atoms with Crippen LogP contribution in [0.25, 0.3) is 0 Å². The summed E-state index contributed by atoms with van der Waals surface area (Å²) in [6, 6.07) is 4.15. The molecule has 1 aromatic carbocycles. The lowest BCUT2D eigenvalue weighted by Gasteiger charge is -2.15. The van der Waals surface area contributed by atoms with Gasteiger partial charge in [0.15, 0.2) is 0 Å². The maximum absolute atomic E-state index is 11.2. The van der Waals surface area contributed by atoms with Crippen molar-refractivity contribution in [3.05, 3.63) is 34.9 Å². The minimum absolute atomic E-state index is 0.170. The molecule has 0 radical (unpaired) electrons. The molecule has 1 atom stereocenters. The number of carbonyl (C=O) groups is 2. The minimum atomic E-state index is -1.33. The summed E-state index contributed by atoms with van der Waals surface area (Å²) >= 11 is 0. The number of hydrogen-bond acceptors (Lipinski definition) is 3. The van der Waals surface area contributed by atoms with Gasteiger partial charge in [-0.05, 0) is 18.1 Å². The van der Waals surface area contributed by atoms with E-state index in [-0.39, 0.29) is 16.7 Å². The van der Waals surface area contributed by atoms with Crippen molar-refractivity contribution in [1.82, 2.24) is 0 Å². The monoisotopic (exact) mass is 266 g/mol. The van der Waals surface area contributed by atoms with Crippen molar-refractivity contribution in [3.63, 3.8) is 0 Å². The van der Waals surface area contributed by atoms with Gasteiger partial charge < -0.3 is 15.3 Å². The van der Waals surface area contributed by atoms with E-state index >= 15 is 0 Å². The van der Waals surface area contributed by atoms with Crippen molar-refractivity contribution < 1.29 is 24.9 Å². The maximum atomic E-state index is 11.2. The Kier molecular flexibility index (Phi) is 5.51. The first-order valence-corrected chi connectivity index (χ1v) is 6.26. The van der Waals surface area contributed by atoms with Crippen LogP contribution in [0, 0.1) is 0 Å². The average Bonchev–Trinajstić information content (AvgIpc) is 2.37. The van der Waals surface area contributed by atoms with Crippen molar-refractivity contribution in [2.75, 3.05) is 0 Å². The van der Waals surface area contributed by atoms with Crippen LogP contribution < -0.4 is 0 Å². The van der Waals surface area contributed by atoms with Gasteiger partial charge in [0.25, 0.3) is 0 Å². The zero-order valence-electron chi connectivity index (χ0n) is 10.8. The Balaban J connectivity index is 3.09. The van der Waals surface area contributed by atoms with Crippen LogP contribution in [-0.4, -0.2) is 27.3 Å². The fourth-order valence-electron chi connectivity index (χ4n) is 2.01. The lowest BCUT2D eigenvalue weighted by molar-refractivity contribution is 0.0645. The highest BCUT2D eigenvalue weighted by atomic mass is 16.4. The van der Waals surface area contributed by atoms with E-state index in [9.17, 15) is 14.7 Å². The first-order valence-electron chi connectivity index (χ1n) is 6.26. The summed E-state index contributed by atoms with van der Waals surface area (Å²) in [5.74, 6) is -2.64. The molecule has 0 saturated carbocycles. The van der Waals surface area contributed by atoms with E-state index in [4.69, 9.17) is 10.2 Å². The number of carboxylic acid groups (broad SMARTS) is 2. The van der Waals surface area contributed by atoms with Gasteiger partial charge in [-0.3, -0.25) is 0 Å². The Bertz CT molecular complexity index is 467. The van der Waals surface area contributed by atoms with Gasteiger partial charge in [0, 0.05) is 0 Å². The zero-order valence-corrected chi connectivity index (χ0v) is 10.8. The highest BCUT2D eigenvalue weighted by molar-refractivity contribution is 6.02. The third-order valence-corrected chi connectivity index (χ3v) is 2.98. The van der Waals surface area contributed by atoms with Crippen molar-refractivity contribution in [1.29, 1.82) is 0 Å². The number of aliphatic hydroxyl groups excluding tert-OH is 1. The van der Waals surface area contributed by atoms with Crippen LogP contribution in [0.4, 0.5) is 0 Å². The van der Waals surface area contributed by atoms with E-state index in [2.05, 4.69) is 0 Å². The van der Waals surface area contributed by atoms with Crippen LogP contribution in [0.15, 0.2) is 18.2 Å². The Morgan fingerprint density at radius 3 is 2.37 bits per heavy atom. The van der Waals surface area contributed by atoms with Gasteiger partial charge in [0.1, 0.15) is 0 Å². The Morgan fingerprint density at radius 1 is 1.16 bits per heavy atom. The molecule has 0 spiro atoms. The second kappa shape index (κ2) is 6.89. The van der Waals surface area contributed by atoms with Crippen LogP contribution in [-0.2, 0) is 0 Å². The summed E-state index contributed by atoms with van der Waals surface area (Å²) in [5, 5.41) is 28.2. The summed E-state index contributed by atoms with van der Waals surface area (Å²) in [4.78, 5) is 22.2. The molecule has 0 aliphatic heterocycles. The summed E-state index contributed by atoms with van der Waals surface area (Å²) in [7, 11) is 0. The van der Waals surface area contributed by atoms with Crippen molar-refractivity contribution in [2.45, 2.75) is 38.7 Å². The molecule has 0 fully saturated rings. The molecule has 5 heteroatoms. The number of aliphatic hydroxyl groups is 1. The molecule has 104 valence electrons. The molecule has 0 bridgehead atoms. The standard InChI is InChI=1S/C14H18O5/c1-2-3-4-8-11(15)9-6-5-7-10(13(16)17)12(9)14(18)19/h5-7,11,15H,2-4,8H2,1H3,(H,16,17)(H,18,19). The van der Waals surface area contributed by atoms with E-state index < -0.39 is 18.0 Å². The third-order valence-electron chi connectivity index (χ3n) is 2.98. The molecular weight excluding hydrogens is 248 g/mol.